The molecule has 1 aliphatic carbocycles. The Kier molecular flexibility index (Phi) is 7.91. The molecule has 1 saturated carbocycles. The molecule has 4 aliphatic rings. The number of carbonyl (C=O) groups excluding carboxylic acids is 5. The van der Waals surface area contributed by atoms with Crippen molar-refractivity contribution in [1.29, 1.82) is 0 Å². The largest absolute Gasteiger partial charge is 0.490 e. The number of fused-ring (bicyclic) bond motifs is 1. The number of hydrogen-bond donors (Lipinski definition) is 1. The number of imide groups is 2. The number of hydrogen-bond acceptors (Lipinski definition) is 9. The highest BCUT2D eigenvalue weighted by Gasteiger charge is 2.45. The number of nitrogens with zero attached hydrogens (tertiary/aromatic N) is 3. The summed E-state index contributed by atoms with van der Waals surface area (Å²) in [5, 5.41) is 2.22. The maximum Gasteiger partial charge on any atom is 0.338 e. The molecule has 232 valence electrons. The molecule has 11 nitrogen and oxygen atoms in total. The average molecular weight is 603 g/mol. The lowest BCUT2D eigenvalue weighted by Crippen LogP contribution is -2.54. The van der Waals surface area contributed by atoms with E-state index in [0.29, 0.717) is 17.4 Å². The van der Waals surface area contributed by atoms with E-state index in [4.69, 9.17) is 9.47 Å². The molecule has 0 bridgehead atoms. The molecule has 4 amide bonds. The number of rotatable bonds is 6. The zero-order chi connectivity index (χ0) is 31.2. The van der Waals surface area contributed by atoms with Crippen LogP contribution in [0.3, 0.4) is 0 Å². The Morgan fingerprint density at radius 2 is 1.57 bits per heavy atom. The molecule has 3 atom stereocenters. The van der Waals surface area contributed by atoms with Gasteiger partial charge >= 0.3 is 5.97 Å². The molecule has 0 aromatic heterocycles. The molecular formula is C33H38N4O7. The number of benzene rings is 2. The molecule has 3 fully saturated rings. The quantitative estimate of drug-likeness (QED) is 0.392. The summed E-state index contributed by atoms with van der Waals surface area (Å²) in [6, 6.07) is 11.9. The zero-order valence-electron chi connectivity index (χ0n) is 25.3. The van der Waals surface area contributed by atoms with Gasteiger partial charge < -0.3 is 14.4 Å². The van der Waals surface area contributed by atoms with E-state index < -0.39 is 35.3 Å². The molecule has 0 spiro atoms. The van der Waals surface area contributed by atoms with Crippen LogP contribution in [-0.4, -0.2) is 89.4 Å². The van der Waals surface area contributed by atoms with Crippen LogP contribution in [0.15, 0.2) is 42.5 Å². The lowest BCUT2D eigenvalue weighted by Gasteiger charge is -2.39. The smallest absolute Gasteiger partial charge is 0.338 e. The number of anilines is 1. The van der Waals surface area contributed by atoms with Crippen LogP contribution in [0.1, 0.15) is 83.9 Å². The van der Waals surface area contributed by atoms with Crippen molar-refractivity contribution < 1.29 is 33.4 Å². The van der Waals surface area contributed by atoms with Gasteiger partial charge in [-0.3, -0.25) is 34.3 Å². The minimum Gasteiger partial charge on any atom is -0.490 e. The van der Waals surface area contributed by atoms with E-state index in [1.54, 1.807) is 18.2 Å². The SMILES string of the molecule is CC(C)(C)OC(=O)c1ccc(N2CCN(C3CCC(Oc4ccc5c(c4)C(=O)N(C4CCC(=O)NC4=O)C5=O)C3)CC2)cc1. The Bertz CT molecular complexity index is 1490. The predicted octanol–water partition coefficient (Wildman–Crippen LogP) is 3.17. The van der Waals surface area contributed by atoms with Gasteiger partial charge in [-0.2, -0.15) is 0 Å². The van der Waals surface area contributed by atoms with Gasteiger partial charge in [-0.15, -0.1) is 0 Å². The van der Waals surface area contributed by atoms with Gasteiger partial charge in [0.15, 0.2) is 0 Å². The van der Waals surface area contributed by atoms with Crippen molar-refractivity contribution in [3.8, 4) is 5.75 Å². The fourth-order valence-corrected chi connectivity index (χ4v) is 6.56. The highest BCUT2D eigenvalue weighted by atomic mass is 16.6. The van der Waals surface area contributed by atoms with Crippen LogP contribution in [0.25, 0.3) is 0 Å². The monoisotopic (exact) mass is 602 g/mol. The van der Waals surface area contributed by atoms with Gasteiger partial charge in [0.1, 0.15) is 23.5 Å². The van der Waals surface area contributed by atoms with Crippen LogP contribution in [0, 0.1) is 0 Å². The Balaban J connectivity index is 1.01. The molecule has 3 aliphatic heterocycles. The standard InChI is InChI=1S/C33H38N4O7/c1-33(2,3)44-32(42)20-4-6-21(7-5-20)35-14-16-36(17-15-35)22-8-9-23(18-22)43-24-10-11-25-26(19-24)31(41)37(30(25)40)27-12-13-28(38)34-29(27)39/h4-7,10-11,19,22-23,27H,8-9,12-18H2,1-3H3,(H,34,38,39). The summed E-state index contributed by atoms with van der Waals surface area (Å²) in [6.45, 7) is 9.20. The lowest BCUT2D eigenvalue weighted by molar-refractivity contribution is -0.136. The first kappa shape index (κ1) is 29.8. The normalized spacial score (nSPS) is 24.4. The molecule has 3 heterocycles. The van der Waals surface area contributed by atoms with Crippen molar-refractivity contribution >= 4 is 35.3 Å². The zero-order valence-corrected chi connectivity index (χ0v) is 25.3. The van der Waals surface area contributed by atoms with Crippen molar-refractivity contribution in [3.63, 3.8) is 0 Å². The third-order valence-electron chi connectivity index (χ3n) is 8.77. The first-order chi connectivity index (χ1) is 21.0. The van der Waals surface area contributed by atoms with Crippen LogP contribution in [-0.2, 0) is 14.3 Å². The maximum absolute atomic E-state index is 13.2. The number of nitrogens with one attached hydrogen (secondary N) is 1. The van der Waals surface area contributed by atoms with Gasteiger partial charge in [-0.25, -0.2) is 4.79 Å². The highest BCUT2D eigenvalue weighted by molar-refractivity contribution is 6.23. The van der Waals surface area contributed by atoms with Gasteiger partial charge in [-0.05, 0) is 88.9 Å². The first-order valence-electron chi connectivity index (χ1n) is 15.3. The van der Waals surface area contributed by atoms with E-state index in [1.807, 2.05) is 45.0 Å². The van der Waals surface area contributed by atoms with Crippen LogP contribution in [0.5, 0.6) is 5.75 Å². The van der Waals surface area contributed by atoms with Crippen molar-refractivity contribution in [3.05, 3.63) is 59.2 Å². The van der Waals surface area contributed by atoms with Crippen molar-refractivity contribution in [2.45, 2.75) is 76.7 Å². The van der Waals surface area contributed by atoms with Gasteiger partial charge in [0, 0.05) is 44.3 Å². The number of amides is 4. The van der Waals surface area contributed by atoms with Gasteiger partial charge in [0.25, 0.3) is 11.8 Å². The summed E-state index contributed by atoms with van der Waals surface area (Å²) in [5.74, 6) is -1.87. The van der Waals surface area contributed by atoms with E-state index in [9.17, 15) is 24.0 Å². The second kappa shape index (κ2) is 11.7. The van der Waals surface area contributed by atoms with E-state index in [2.05, 4.69) is 15.1 Å². The summed E-state index contributed by atoms with van der Waals surface area (Å²) in [4.78, 5) is 68.2. The molecule has 2 aromatic carbocycles. The summed E-state index contributed by atoms with van der Waals surface area (Å²) < 4.78 is 11.8. The second-order valence-corrected chi connectivity index (χ2v) is 12.9. The van der Waals surface area contributed by atoms with Gasteiger partial charge in [0.05, 0.1) is 16.7 Å². The maximum atomic E-state index is 13.2. The minimum absolute atomic E-state index is 0.00470. The van der Waals surface area contributed by atoms with Gasteiger partial charge in [-0.1, -0.05) is 0 Å². The third kappa shape index (κ3) is 6.06. The van der Waals surface area contributed by atoms with Crippen LogP contribution in [0.4, 0.5) is 5.69 Å². The molecular weight excluding hydrogens is 564 g/mol. The molecule has 44 heavy (non-hydrogen) atoms. The van der Waals surface area contributed by atoms with Crippen molar-refractivity contribution in [2.24, 2.45) is 0 Å². The Morgan fingerprint density at radius 1 is 0.864 bits per heavy atom. The molecule has 11 heteroatoms. The predicted molar refractivity (Wildman–Crippen MR) is 161 cm³/mol. The number of ether oxygens (including phenoxy) is 2. The summed E-state index contributed by atoms with van der Waals surface area (Å²) >= 11 is 0. The van der Waals surface area contributed by atoms with Crippen LogP contribution in [0.2, 0.25) is 0 Å². The van der Waals surface area contributed by atoms with Crippen molar-refractivity contribution in [2.75, 3.05) is 31.1 Å². The summed E-state index contributed by atoms with van der Waals surface area (Å²) in [7, 11) is 0. The molecule has 0 radical (unpaired) electrons. The first-order valence-corrected chi connectivity index (χ1v) is 15.3. The number of esters is 1. The Labute approximate surface area is 256 Å². The van der Waals surface area contributed by atoms with E-state index in [0.717, 1.165) is 56.0 Å². The number of carbonyl (C=O) groups is 5. The molecule has 6 rings (SSSR count). The highest BCUT2D eigenvalue weighted by Crippen LogP contribution is 2.33. The Morgan fingerprint density at radius 3 is 2.25 bits per heavy atom. The lowest BCUT2D eigenvalue weighted by atomic mass is 10.0. The fourth-order valence-electron chi connectivity index (χ4n) is 6.56. The minimum atomic E-state index is -0.989. The van der Waals surface area contributed by atoms with Gasteiger partial charge in [0.2, 0.25) is 11.8 Å². The van der Waals surface area contributed by atoms with Crippen LogP contribution >= 0.6 is 0 Å². The molecule has 3 unspecified atom stereocenters. The second-order valence-electron chi connectivity index (χ2n) is 12.9. The summed E-state index contributed by atoms with van der Waals surface area (Å²) in [6.07, 6.45) is 2.98. The van der Waals surface area contributed by atoms with E-state index >= 15 is 0 Å². The average Bonchev–Trinajstić information content (AvgIpc) is 3.54. The molecule has 1 N–H and O–H groups in total. The van der Waals surface area contributed by atoms with E-state index in [1.165, 1.54) is 0 Å². The summed E-state index contributed by atoms with van der Waals surface area (Å²) in [5.41, 5.74) is 1.57. The van der Waals surface area contributed by atoms with Crippen molar-refractivity contribution in [1.82, 2.24) is 15.1 Å². The number of piperidine rings is 1. The topological polar surface area (TPSA) is 126 Å². The molecule has 2 saturated heterocycles. The molecule has 2 aromatic rings. The van der Waals surface area contributed by atoms with Crippen LogP contribution < -0.4 is 15.0 Å². The third-order valence-corrected chi connectivity index (χ3v) is 8.77. The Hall–Kier alpha value is -4.25. The van der Waals surface area contributed by atoms with E-state index in [-0.39, 0.29) is 36.0 Å². The number of piperazine rings is 1. The fraction of sp³-hybridized carbons (Fsp3) is 0.485.